The summed E-state index contributed by atoms with van der Waals surface area (Å²) in [6, 6.07) is 13.4. The van der Waals surface area contributed by atoms with Gasteiger partial charge in [0.15, 0.2) is 11.5 Å². The van der Waals surface area contributed by atoms with Crippen LogP contribution >= 0.6 is 15.9 Å². The monoisotopic (exact) mass is 431 g/mol. The van der Waals surface area contributed by atoms with Gasteiger partial charge in [0.25, 0.3) is 5.91 Å². The molecule has 1 fully saturated rings. The molecule has 0 bridgehead atoms. The molecular formula is C21H22BrNO4. The third-order valence-electron chi connectivity index (χ3n) is 4.88. The number of likely N-dealkylation sites (tertiary alicyclic amines) is 1. The molecule has 2 aliphatic heterocycles. The molecule has 0 spiro atoms. The molecule has 1 atom stereocenters. The zero-order valence-electron chi connectivity index (χ0n) is 15.0. The van der Waals surface area contributed by atoms with Gasteiger partial charge in [0.1, 0.15) is 19.0 Å². The number of hydrogen-bond donors (Lipinski definition) is 0. The molecule has 1 amide bonds. The summed E-state index contributed by atoms with van der Waals surface area (Å²) < 4.78 is 17.9. The van der Waals surface area contributed by atoms with Gasteiger partial charge in [0.2, 0.25) is 0 Å². The zero-order valence-corrected chi connectivity index (χ0v) is 16.6. The molecule has 27 heavy (non-hydrogen) atoms. The first kappa shape index (κ1) is 18.2. The van der Waals surface area contributed by atoms with Gasteiger partial charge in [-0.1, -0.05) is 18.2 Å². The summed E-state index contributed by atoms with van der Waals surface area (Å²) in [6.07, 6.45) is 2.06. The van der Waals surface area contributed by atoms with Gasteiger partial charge in [-0.15, -0.1) is 0 Å². The summed E-state index contributed by atoms with van der Waals surface area (Å²) in [6.45, 7) is 3.12. The van der Waals surface area contributed by atoms with Crippen LogP contribution in [0.15, 0.2) is 46.9 Å². The van der Waals surface area contributed by atoms with E-state index in [2.05, 4.69) is 15.9 Å². The summed E-state index contributed by atoms with van der Waals surface area (Å²) in [4.78, 5) is 14.9. The van der Waals surface area contributed by atoms with Crippen LogP contribution in [0.2, 0.25) is 0 Å². The lowest BCUT2D eigenvalue weighted by Crippen LogP contribution is -2.41. The Labute approximate surface area is 167 Å². The second-order valence-corrected chi connectivity index (χ2v) is 7.72. The summed E-state index contributed by atoms with van der Waals surface area (Å²) in [5.74, 6) is 2.53. The van der Waals surface area contributed by atoms with Crippen molar-refractivity contribution in [3.8, 4) is 17.2 Å². The van der Waals surface area contributed by atoms with Gasteiger partial charge >= 0.3 is 0 Å². The van der Waals surface area contributed by atoms with Crippen molar-refractivity contribution in [1.29, 1.82) is 0 Å². The molecule has 0 N–H and O–H groups in total. The third-order valence-corrected chi connectivity index (χ3v) is 5.47. The van der Waals surface area contributed by atoms with Gasteiger partial charge < -0.3 is 19.1 Å². The Bertz CT molecular complexity index is 811. The van der Waals surface area contributed by atoms with E-state index in [1.807, 2.05) is 41.3 Å². The highest BCUT2D eigenvalue weighted by Crippen LogP contribution is 2.39. The van der Waals surface area contributed by atoms with Crippen LogP contribution < -0.4 is 14.2 Å². The smallest absolute Gasteiger partial charge is 0.254 e. The van der Waals surface area contributed by atoms with Crippen LogP contribution in [0.3, 0.4) is 0 Å². The molecule has 2 aromatic carbocycles. The number of para-hydroxylation sites is 1. The molecule has 1 saturated heterocycles. The molecule has 0 radical (unpaired) electrons. The van der Waals surface area contributed by atoms with Crippen LogP contribution in [-0.2, 0) is 0 Å². The predicted molar refractivity (Wildman–Crippen MR) is 106 cm³/mol. The number of piperidine rings is 1. The maximum atomic E-state index is 13.0. The fraction of sp³-hybridized carbons (Fsp3) is 0.381. The topological polar surface area (TPSA) is 48.0 Å². The van der Waals surface area contributed by atoms with E-state index in [9.17, 15) is 4.79 Å². The van der Waals surface area contributed by atoms with E-state index in [0.29, 0.717) is 49.3 Å². The Morgan fingerprint density at radius 2 is 2.00 bits per heavy atom. The average Bonchev–Trinajstić information content (AvgIpc) is 2.73. The number of hydrogen-bond acceptors (Lipinski definition) is 4. The number of carbonyl (C=O) groups is 1. The summed E-state index contributed by atoms with van der Waals surface area (Å²) >= 11 is 3.49. The van der Waals surface area contributed by atoms with Crippen molar-refractivity contribution in [2.75, 3.05) is 32.9 Å². The van der Waals surface area contributed by atoms with E-state index in [4.69, 9.17) is 14.2 Å². The third kappa shape index (κ3) is 4.21. The van der Waals surface area contributed by atoms with Crippen molar-refractivity contribution in [2.45, 2.75) is 12.8 Å². The van der Waals surface area contributed by atoms with E-state index >= 15 is 0 Å². The molecule has 0 saturated carbocycles. The number of rotatable bonds is 4. The van der Waals surface area contributed by atoms with E-state index in [1.54, 1.807) is 6.07 Å². The van der Waals surface area contributed by atoms with Crippen molar-refractivity contribution in [1.82, 2.24) is 4.90 Å². The van der Waals surface area contributed by atoms with E-state index in [0.717, 1.165) is 29.6 Å². The van der Waals surface area contributed by atoms with Crippen LogP contribution in [-0.4, -0.2) is 43.7 Å². The van der Waals surface area contributed by atoms with Crippen LogP contribution in [0, 0.1) is 5.92 Å². The number of benzene rings is 2. The van der Waals surface area contributed by atoms with Crippen LogP contribution in [0.5, 0.6) is 17.2 Å². The molecule has 2 aromatic rings. The average molecular weight is 432 g/mol. The summed E-state index contributed by atoms with van der Waals surface area (Å²) in [5, 5.41) is 0. The van der Waals surface area contributed by atoms with Gasteiger partial charge in [-0.05, 0) is 53.0 Å². The van der Waals surface area contributed by atoms with Crippen molar-refractivity contribution >= 4 is 21.8 Å². The summed E-state index contributed by atoms with van der Waals surface area (Å²) in [7, 11) is 0. The first-order valence-electron chi connectivity index (χ1n) is 9.27. The SMILES string of the molecule is O=C(c1cc(Br)c2c(c1)OCCO2)N1CCCC(COc2ccccc2)C1. The van der Waals surface area contributed by atoms with Crippen LogP contribution in [0.4, 0.5) is 0 Å². The predicted octanol–water partition coefficient (Wildman–Crippen LogP) is 4.15. The van der Waals surface area contributed by atoms with Gasteiger partial charge in [0.05, 0.1) is 11.1 Å². The van der Waals surface area contributed by atoms with E-state index < -0.39 is 0 Å². The molecular weight excluding hydrogens is 410 g/mol. The van der Waals surface area contributed by atoms with Gasteiger partial charge in [-0.2, -0.15) is 0 Å². The van der Waals surface area contributed by atoms with E-state index in [-0.39, 0.29) is 5.91 Å². The Morgan fingerprint density at radius 3 is 2.85 bits per heavy atom. The largest absolute Gasteiger partial charge is 0.493 e. The standard InChI is InChI=1S/C21H22BrNO4/c22-18-11-16(12-19-20(18)26-10-9-25-19)21(24)23-8-4-5-15(13-23)14-27-17-6-2-1-3-7-17/h1-3,6-7,11-12,15H,4-5,8-10,13-14H2. The molecule has 1 unspecified atom stereocenters. The Kier molecular flexibility index (Phi) is 5.53. The van der Waals surface area contributed by atoms with Crippen LogP contribution in [0.25, 0.3) is 0 Å². The molecule has 142 valence electrons. The Hall–Kier alpha value is -2.21. The van der Waals surface area contributed by atoms with Crippen LogP contribution in [0.1, 0.15) is 23.2 Å². The maximum Gasteiger partial charge on any atom is 0.254 e. The minimum Gasteiger partial charge on any atom is -0.493 e. The van der Waals surface area contributed by atoms with E-state index in [1.165, 1.54) is 0 Å². The minimum atomic E-state index is 0.0251. The molecule has 2 heterocycles. The highest BCUT2D eigenvalue weighted by Gasteiger charge is 2.27. The first-order chi connectivity index (χ1) is 13.2. The number of carbonyl (C=O) groups excluding carboxylic acids is 1. The Morgan fingerprint density at radius 1 is 1.19 bits per heavy atom. The lowest BCUT2D eigenvalue weighted by Gasteiger charge is -2.33. The van der Waals surface area contributed by atoms with Gasteiger partial charge in [-0.25, -0.2) is 0 Å². The number of nitrogens with zero attached hydrogens (tertiary/aromatic N) is 1. The van der Waals surface area contributed by atoms with Crippen molar-refractivity contribution < 1.29 is 19.0 Å². The van der Waals surface area contributed by atoms with Gasteiger partial charge in [-0.3, -0.25) is 4.79 Å². The normalized spacial score (nSPS) is 18.9. The number of ether oxygens (including phenoxy) is 3. The minimum absolute atomic E-state index is 0.0251. The molecule has 6 heteroatoms. The van der Waals surface area contributed by atoms with Gasteiger partial charge in [0, 0.05) is 24.6 Å². The molecule has 0 aromatic heterocycles. The molecule has 4 rings (SSSR count). The molecule has 0 aliphatic carbocycles. The number of amides is 1. The second-order valence-electron chi connectivity index (χ2n) is 6.87. The fourth-order valence-corrected chi connectivity index (χ4v) is 4.09. The highest BCUT2D eigenvalue weighted by molar-refractivity contribution is 9.10. The lowest BCUT2D eigenvalue weighted by atomic mass is 9.98. The number of halogens is 1. The first-order valence-corrected chi connectivity index (χ1v) is 10.1. The number of fused-ring (bicyclic) bond motifs is 1. The zero-order chi connectivity index (χ0) is 18.6. The Balaban J connectivity index is 1.42. The molecule has 2 aliphatic rings. The van der Waals surface area contributed by atoms with Crippen molar-refractivity contribution in [3.05, 3.63) is 52.5 Å². The molecule has 5 nitrogen and oxygen atoms in total. The second kappa shape index (κ2) is 8.21. The fourth-order valence-electron chi connectivity index (χ4n) is 3.53. The highest BCUT2D eigenvalue weighted by atomic mass is 79.9. The van der Waals surface area contributed by atoms with Crippen molar-refractivity contribution in [3.63, 3.8) is 0 Å². The summed E-state index contributed by atoms with van der Waals surface area (Å²) in [5.41, 5.74) is 0.621. The quantitative estimate of drug-likeness (QED) is 0.729. The lowest BCUT2D eigenvalue weighted by molar-refractivity contribution is 0.0632. The van der Waals surface area contributed by atoms with Crippen molar-refractivity contribution in [2.24, 2.45) is 5.92 Å². The maximum absolute atomic E-state index is 13.0.